The van der Waals surface area contributed by atoms with Gasteiger partial charge in [0, 0.05) is 24.2 Å². The van der Waals surface area contributed by atoms with Crippen LogP contribution >= 0.6 is 0 Å². The smallest absolute Gasteiger partial charge is 0.231 e. The molecular weight excluding hydrogens is 410 g/mol. The van der Waals surface area contributed by atoms with E-state index < -0.39 is 0 Å². The van der Waals surface area contributed by atoms with Crippen LogP contribution < -0.4 is 23.7 Å². The number of Topliss-reactive ketones (excluding diaryl/α,β-unsaturated/α-hetero) is 1. The molecule has 7 nitrogen and oxygen atoms in total. The molecule has 1 saturated carbocycles. The van der Waals surface area contributed by atoms with E-state index in [0.29, 0.717) is 46.9 Å². The van der Waals surface area contributed by atoms with E-state index in [2.05, 4.69) is 4.90 Å². The first kappa shape index (κ1) is 20.7. The lowest BCUT2D eigenvalue weighted by Gasteiger charge is -2.33. The highest BCUT2D eigenvalue weighted by Crippen LogP contribution is 2.44. The first-order valence-corrected chi connectivity index (χ1v) is 10.9. The Hall–Kier alpha value is -3.19. The van der Waals surface area contributed by atoms with Gasteiger partial charge in [0.1, 0.15) is 24.0 Å². The Morgan fingerprint density at radius 3 is 2.44 bits per heavy atom. The third-order valence-electron chi connectivity index (χ3n) is 6.51. The number of hydrogen-bond acceptors (Lipinski definition) is 7. The molecule has 0 atom stereocenters. The third kappa shape index (κ3) is 3.46. The van der Waals surface area contributed by atoms with Crippen LogP contribution in [0.25, 0.3) is 6.08 Å². The summed E-state index contributed by atoms with van der Waals surface area (Å²) in [6.45, 7) is 1.30. The van der Waals surface area contributed by atoms with E-state index >= 15 is 0 Å². The number of ether oxygens (including phenoxy) is 5. The number of nitrogens with zero attached hydrogens (tertiary/aromatic N) is 1. The van der Waals surface area contributed by atoms with Gasteiger partial charge >= 0.3 is 0 Å². The van der Waals surface area contributed by atoms with Gasteiger partial charge in [-0.15, -0.1) is 0 Å². The number of ketones is 1. The predicted molar refractivity (Wildman–Crippen MR) is 119 cm³/mol. The molecule has 1 aliphatic carbocycles. The van der Waals surface area contributed by atoms with Gasteiger partial charge in [0.05, 0.1) is 32.5 Å². The van der Waals surface area contributed by atoms with Crippen molar-refractivity contribution in [1.82, 2.24) is 4.90 Å². The van der Waals surface area contributed by atoms with Crippen LogP contribution in [0.5, 0.6) is 28.7 Å². The Bertz CT molecular complexity index is 1090. The van der Waals surface area contributed by atoms with Gasteiger partial charge in [0.15, 0.2) is 17.3 Å². The normalized spacial score (nSPS) is 19.3. The SMILES string of the molecule is COc1cc(OC)c(OC)cc1/C=C1\Oc2c(ccc3c2CN(C2CCCC2)CO3)C1=O. The number of carbonyl (C=O) groups excluding carboxylic acids is 1. The summed E-state index contributed by atoms with van der Waals surface area (Å²) >= 11 is 0. The molecular formula is C25H27NO6. The summed E-state index contributed by atoms with van der Waals surface area (Å²) < 4.78 is 28.4. The van der Waals surface area contributed by atoms with Crippen LogP contribution in [0.1, 0.15) is 47.2 Å². The fourth-order valence-electron chi connectivity index (χ4n) is 4.79. The van der Waals surface area contributed by atoms with Crippen LogP contribution in [0.2, 0.25) is 0 Å². The number of rotatable bonds is 5. The monoisotopic (exact) mass is 437 g/mol. The number of allylic oxidation sites excluding steroid dienone is 1. The van der Waals surface area contributed by atoms with Crippen LogP contribution in [-0.4, -0.2) is 44.8 Å². The summed E-state index contributed by atoms with van der Waals surface area (Å²) in [6.07, 6.45) is 6.59. The summed E-state index contributed by atoms with van der Waals surface area (Å²) in [5.41, 5.74) is 2.17. The first-order valence-electron chi connectivity index (χ1n) is 10.9. The maximum Gasteiger partial charge on any atom is 0.231 e. The molecule has 0 aromatic heterocycles. The van der Waals surface area contributed by atoms with E-state index in [-0.39, 0.29) is 11.5 Å². The van der Waals surface area contributed by atoms with Crippen molar-refractivity contribution in [2.75, 3.05) is 28.1 Å². The average molecular weight is 437 g/mol. The van der Waals surface area contributed by atoms with Gasteiger partial charge in [-0.2, -0.15) is 0 Å². The zero-order chi connectivity index (χ0) is 22.2. The number of benzene rings is 2. The molecule has 5 rings (SSSR count). The Morgan fingerprint density at radius 2 is 1.72 bits per heavy atom. The van der Waals surface area contributed by atoms with E-state index in [0.717, 1.165) is 17.9 Å². The van der Waals surface area contributed by atoms with E-state index in [1.165, 1.54) is 25.7 Å². The van der Waals surface area contributed by atoms with Gasteiger partial charge in [0.25, 0.3) is 0 Å². The van der Waals surface area contributed by atoms with Gasteiger partial charge in [-0.1, -0.05) is 12.8 Å². The average Bonchev–Trinajstić information content (AvgIpc) is 3.47. The van der Waals surface area contributed by atoms with Gasteiger partial charge in [0.2, 0.25) is 5.78 Å². The topological polar surface area (TPSA) is 66.5 Å². The molecule has 7 heteroatoms. The third-order valence-corrected chi connectivity index (χ3v) is 6.51. The largest absolute Gasteiger partial charge is 0.496 e. The van der Waals surface area contributed by atoms with Gasteiger partial charge in [-0.05, 0) is 37.1 Å². The maximum absolute atomic E-state index is 13.2. The van der Waals surface area contributed by atoms with Crippen molar-refractivity contribution >= 4 is 11.9 Å². The molecule has 0 saturated heterocycles. The molecule has 0 bridgehead atoms. The lowest BCUT2D eigenvalue weighted by atomic mass is 10.0. The second kappa shape index (κ2) is 8.39. The zero-order valence-corrected chi connectivity index (χ0v) is 18.6. The lowest BCUT2D eigenvalue weighted by Crippen LogP contribution is -2.39. The second-order valence-electron chi connectivity index (χ2n) is 8.27. The molecule has 0 spiro atoms. The highest BCUT2D eigenvalue weighted by atomic mass is 16.5. The summed E-state index contributed by atoms with van der Waals surface area (Å²) in [7, 11) is 4.70. The molecule has 0 unspecified atom stereocenters. The molecule has 1 fully saturated rings. The molecule has 2 aliphatic heterocycles. The minimum atomic E-state index is -0.155. The van der Waals surface area contributed by atoms with Gasteiger partial charge in [-0.25, -0.2) is 0 Å². The molecule has 2 heterocycles. The minimum absolute atomic E-state index is 0.155. The summed E-state index contributed by atoms with van der Waals surface area (Å²) in [6, 6.07) is 7.69. The number of hydrogen-bond donors (Lipinski definition) is 0. The van der Waals surface area contributed by atoms with Crippen LogP contribution in [0.3, 0.4) is 0 Å². The first-order chi connectivity index (χ1) is 15.6. The van der Waals surface area contributed by atoms with Crippen molar-refractivity contribution in [1.29, 1.82) is 0 Å². The van der Waals surface area contributed by atoms with Gasteiger partial charge in [-0.3, -0.25) is 9.69 Å². The summed E-state index contributed by atoms with van der Waals surface area (Å²) in [5, 5.41) is 0. The molecule has 2 aromatic rings. The molecule has 3 aliphatic rings. The Balaban J connectivity index is 1.49. The number of fused-ring (bicyclic) bond motifs is 3. The summed E-state index contributed by atoms with van der Waals surface area (Å²) in [5.74, 6) is 3.12. The fourth-order valence-corrected chi connectivity index (χ4v) is 4.79. The maximum atomic E-state index is 13.2. The van der Waals surface area contributed by atoms with Crippen LogP contribution in [-0.2, 0) is 6.54 Å². The Kier molecular flexibility index (Phi) is 5.43. The fraction of sp³-hybridized carbons (Fsp3) is 0.400. The van der Waals surface area contributed by atoms with Crippen molar-refractivity contribution in [2.24, 2.45) is 0 Å². The van der Waals surface area contributed by atoms with E-state index in [9.17, 15) is 4.79 Å². The number of methoxy groups -OCH3 is 3. The van der Waals surface area contributed by atoms with E-state index in [1.807, 2.05) is 6.07 Å². The van der Waals surface area contributed by atoms with Crippen LogP contribution in [0.4, 0.5) is 0 Å². The van der Waals surface area contributed by atoms with Gasteiger partial charge < -0.3 is 23.7 Å². The van der Waals surface area contributed by atoms with E-state index in [4.69, 9.17) is 23.7 Å². The number of carbonyl (C=O) groups is 1. The molecule has 32 heavy (non-hydrogen) atoms. The molecule has 0 amide bonds. The van der Waals surface area contributed by atoms with Crippen molar-refractivity contribution in [3.05, 3.63) is 46.7 Å². The van der Waals surface area contributed by atoms with Crippen LogP contribution in [0.15, 0.2) is 30.0 Å². The molecule has 168 valence electrons. The lowest BCUT2D eigenvalue weighted by molar-refractivity contribution is 0.0567. The minimum Gasteiger partial charge on any atom is -0.496 e. The highest BCUT2D eigenvalue weighted by molar-refractivity contribution is 6.15. The highest BCUT2D eigenvalue weighted by Gasteiger charge is 2.35. The predicted octanol–water partition coefficient (Wildman–Crippen LogP) is 4.42. The van der Waals surface area contributed by atoms with Crippen LogP contribution in [0, 0.1) is 0 Å². The Labute approximate surface area is 187 Å². The molecule has 0 radical (unpaired) electrons. The zero-order valence-electron chi connectivity index (χ0n) is 18.6. The van der Waals surface area contributed by atoms with Crippen molar-refractivity contribution < 1.29 is 28.5 Å². The van der Waals surface area contributed by atoms with Crippen molar-refractivity contribution in [2.45, 2.75) is 38.3 Å². The Morgan fingerprint density at radius 1 is 1.00 bits per heavy atom. The summed E-state index contributed by atoms with van der Waals surface area (Å²) in [4.78, 5) is 15.5. The standard InChI is InChI=1S/C25H27NO6/c1-28-20-12-22(30-3)21(29-2)10-15(20)11-23-24(27)17-8-9-19-18(25(17)32-23)13-26(14-31-19)16-6-4-5-7-16/h8-12,16H,4-7,13-14H2,1-3H3/b23-11-. The molecule has 0 N–H and O–H groups in total. The van der Waals surface area contributed by atoms with E-state index in [1.54, 1.807) is 45.6 Å². The van der Waals surface area contributed by atoms with Crippen molar-refractivity contribution in [3.8, 4) is 28.7 Å². The van der Waals surface area contributed by atoms with Crippen molar-refractivity contribution in [3.63, 3.8) is 0 Å². The quantitative estimate of drug-likeness (QED) is 0.642. The second-order valence-corrected chi connectivity index (χ2v) is 8.27. The molecule has 2 aromatic carbocycles.